The van der Waals surface area contributed by atoms with Gasteiger partial charge in [0.15, 0.2) is 6.10 Å². The highest BCUT2D eigenvalue weighted by Gasteiger charge is 2.43. The minimum atomic E-state index is -0.614. The van der Waals surface area contributed by atoms with Crippen LogP contribution in [0.15, 0.2) is 29.6 Å². The summed E-state index contributed by atoms with van der Waals surface area (Å²) < 4.78 is 5.69. The topological polar surface area (TPSA) is 75.0 Å². The van der Waals surface area contributed by atoms with Gasteiger partial charge in [0.1, 0.15) is 10.8 Å². The number of rotatable bonds is 5. The Hall–Kier alpha value is -2.39. The Balaban J connectivity index is 1.66. The Kier molecular flexibility index (Phi) is 4.54. The van der Waals surface area contributed by atoms with Gasteiger partial charge in [-0.15, -0.1) is 11.3 Å². The molecular formula is C18H19N3O2S. The summed E-state index contributed by atoms with van der Waals surface area (Å²) in [4.78, 5) is 17.1. The molecule has 1 aromatic heterocycles. The van der Waals surface area contributed by atoms with E-state index >= 15 is 0 Å². The maximum Gasteiger partial charge on any atom is 0.261 e. The largest absolute Gasteiger partial charge is 0.481 e. The van der Waals surface area contributed by atoms with Crippen molar-refractivity contribution in [1.82, 2.24) is 10.3 Å². The molecule has 1 heterocycles. The van der Waals surface area contributed by atoms with Crippen molar-refractivity contribution in [3.63, 3.8) is 0 Å². The van der Waals surface area contributed by atoms with Gasteiger partial charge >= 0.3 is 0 Å². The Labute approximate surface area is 145 Å². The first-order valence-electron chi connectivity index (χ1n) is 7.94. The van der Waals surface area contributed by atoms with E-state index in [1.54, 1.807) is 42.5 Å². The van der Waals surface area contributed by atoms with Gasteiger partial charge in [-0.3, -0.25) is 4.79 Å². The number of nitriles is 1. The Morgan fingerprint density at radius 2 is 2.12 bits per heavy atom. The molecule has 0 saturated heterocycles. The van der Waals surface area contributed by atoms with Crippen LogP contribution in [0.5, 0.6) is 5.75 Å². The molecule has 1 unspecified atom stereocenters. The summed E-state index contributed by atoms with van der Waals surface area (Å²) in [5.74, 6) is 0.427. The fourth-order valence-electron chi connectivity index (χ4n) is 2.70. The maximum atomic E-state index is 12.5. The van der Waals surface area contributed by atoms with Gasteiger partial charge in [0, 0.05) is 11.1 Å². The molecule has 24 heavy (non-hydrogen) atoms. The van der Waals surface area contributed by atoms with Crippen molar-refractivity contribution >= 4 is 17.2 Å². The maximum absolute atomic E-state index is 12.5. The Bertz CT molecular complexity index is 772. The second-order valence-corrected chi connectivity index (χ2v) is 6.97. The van der Waals surface area contributed by atoms with Gasteiger partial charge in [0.2, 0.25) is 0 Å². The molecule has 124 valence electrons. The lowest BCUT2D eigenvalue weighted by Crippen LogP contribution is -2.54. The van der Waals surface area contributed by atoms with Gasteiger partial charge in [-0.05, 0) is 57.4 Å². The van der Waals surface area contributed by atoms with Crippen LogP contribution in [-0.2, 0) is 10.3 Å². The molecule has 1 amide bonds. The molecule has 1 aliphatic carbocycles. The quantitative estimate of drug-likeness (QED) is 0.905. The minimum absolute atomic E-state index is 0.146. The van der Waals surface area contributed by atoms with E-state index in [9.17, 15) is 4.79 Å². The van der Waals surface area contributed by atoms with Gasteiger partial charge < -0.3 is 10.1 Å². The van der Waals surface area contributed by atoms with Crippen LogP contribution < -0.4 is 10.1 Å². The van der Waals surface area contributed by atoms with Crippen molar-refractivity contribution in [2.45, 2.75) is 44.8 Å². The van der Waals surface area contributed by atoms with E-state index in [4.69, 9.17) is 10.00 Å². The smallest absolute Gasteiger partial charge is 0.261 e. The second kappa shape index (κ2) is 6.62. The summed E-state index contributed by atoms with van der Waals surface area (Å²) in [6.45, 7) is 3.69. The molecule has 1 aromatic carbocycles. The number of aryl methyl sites for hydroxylation is 1. The highest BCUT2D eigenvalue weighted by molar-refractivity contribution is 7.09. The lowest BCUT2D eigenvalue weighted by Gasteiger charge is -2.41. The number of ether oxygens (including phenoxy) is 1. The third kappa shape index (κ3) is 3.26. The average molecular weight is 341 g/mol. The van der Waals surface area contributed by atoms with Crippen LogP contribution in [0, 0.1) is 18.3 Å². The fraction of sp³-hybridized carbons (Fsp3) is 0.389. The van der Waals surface area contributed by atoms with E-state index in [1.807, 2.05) is 12.3 Å². The highest BCUT2D eigenvalue weighted by Crippen LogP contribution is 2.42. The lowest BCUT2D eigenvalue weighted by molar-refractivity contribution is -0.130. The van der Waals surface area contributed by atoms with Crippen molar-refractivity contribution in [2.75, 3.05) is 0 Å². The predicted molar refractivity (Wildman–Crippen MR) is 91.8 cm³/mol. The van der Waals surface area contributed by atoms with E-state index in [-0.39, 0.29) is 11.4 Å². The number of benzene rings is 1. The van der Waals surface area contributed by atoms with Crippen LogP contribution in [0.25, 0.3) is 0 Å². The van der Waals surface area contributed by atoms with Gasteiger partial charge in [-0.25, -0.2) is 4.98 Å². The number of hydrogen-bond acceptors (Lipinski definition) is 5. The van der Waals surface area contributed by atoms with Crippen LogP contribution in [0.2, 0.25) is 0 Å². The number of thiazole rings is 1. The van der Waals surface area contributed by atoms with Crippen LogP contribution in [-0.4, -0.2) is 17.0 Å². The highest BCUT2D eigenvalue weighted by atomic mass is 32.1. The monoisotopic (exact) mass is 341 g/mol. The molecule has 1 atom stereocenters. The van der Waals surface area contributed by atoms with E-state index in [2.05, 4.69) is 16.4 Å². The molecule has 1 saturated carbocycles. The first-order valence-corrected chi connectivity index (χ1v) is 8.82. The van der Waals surface area contributed by atoms with Crippen LogP contribution in [0.3, 0.4) is 0 Å². The zero-order chi connectivity index (χ0) is 17.2. The van der Waals surface area contributed by atoms with Gasteiger partial charge in [0.25, 0.3) is 5.91 Å². The standard InChI is InChI=1S/C18H19N3O2S/c1-12-11-24-17(20-12)18(8-3-9-18)21-16(22)13(2)23-15-6-4-14(10-19)5-7-15/h4-7,11,13H,3,8-9H2,1-2H3,(H,21,22). The molecule has 0 radical (unpaired) electrons. The SMILES string of the molecule is Cc1csc(C2(NC(=O)C(C)Oc3ccc(C#N)cc3)CCC2)n1. The van der Waals surface area contributed by atoms with Gasteiger partial charge in [-0.1, -0.05) is 0 Å². The minimum Gasteiger partial charge on any atom is -0.481 e. The molecule has 0 aliphatic heterocycles. The number of hydrogen-bond donors (Lipinski definition) is 1. The predicted octanol–water partition coefficient (Wildman–Crippen LogP) is 3.29. The first-order chi connectivity index (χ1) is 11.5. The zero-order valence-electron chi connectivity index (χ0n) is 13.7. The summed E-state index contributed by atoms with van der Waals surface area (Å²) in [6.07, 6.45) is 2.30. The number of amides is 1. The lowest BCUT2D eigenvalue weighted by atomic mass is 9.77. The van der Waals surface area contributed by atoms with Crippen molar-refractivity contribution in [3.8, 4) is 11.8 Å². The van der Waals surface area contributed by atoms with Crippen molar-refractivity contribution in [2.24, 2.45) is 0 Å². The number of nitrogens with zero attached hydrogens (tertiary/aromatic N) is 2. The molecular weight excluding hydrogens is 322 g/mol. The third-order valence-electron chi connectivity index (χ3n) is 4.26. The average Bonchev–Trinajstić information content (AvgIpc) is 2.98. The van der Waals surface area contributed by atoms with Crippen molar-refractivity contribution < 1.29 is 9.53 Å². The number of aromatic nitrogens is 1. The molecule has 1 N–H and O–H groups in total. The van der Waals surface area contributed by atoms with E-state index in [1.165, 1.54) is 0 Å². The van der Waals surface area contributed by atoms with Crippen LogP contribution >= 0.6 is 11.3 Å². The van der Waals surface area contributed by atoms with Crippen molar-refractivity contribution in [3.05, 3.63) is 45.9 Å². The van der Waals surface area contributed by atoms with Crippen LogP contribution in [0.4, 0.5) is 0 Å². The van der Waals surface area contributed by atoms with Gasteiger partial charge in [-0.2, -0.15) is 5.26 Å². The summed E-state index contributed by atoms with van der Waals surface area (Å²) >= 11 is 1.60. The first kappa shape index (κ1) is 16.5. The number of carbonyl (C=O) groups is 1. The number of carbonyl (C=O) groups excluding carboxylic acids is 1. The molecule has 0 spiro atoms. The van der Waals surface area contributed by atoms with E-state index in [0.717, 1.165) is 30.0 Å². The van der Waals surface area contributed by atoms with Crippen molar-refractivity contribution in [1.29, 1.82) is 5.26 Å². The molecule has 5 nitrogen and oxygen atoms in total. The molecule has 6 heteroatoms. The second-order valence-electron chi connectivity index (χ2n) is 6.12. The molecule has 1 fully saturated rings. The Morgan fingerprint density at radius 3 is 2.62 bits per heavy atom. The molecule has 3 rings (SSSR count). The summed E-state index contributed by atoms with van der Waals surface area (Å²) in [7, 11) is 0. The van der Waals surface area contributed by atoms with Gasteiger partial charge in [0.05, 0.1) is 17.2 Å². The third-order valence-corrected chi connectivity index (χ3v) is 5.43. The fourth-order valence-corrected chi connectivity index (χ4v) is 3.71. The van der Waals surface area contributed by atoms with Crippen LogP contribution in [0.1, 0.15) is 42.5 Å². The van der Waals surface area contributed by atoms with E-state index < -0.39 is 6.10 Å². The molecule has 0 bridgehead atoms. The summed E-state index contributed by atoms with van der Waals surface area (Å²) in [5.41, 5.74) is 1.21. The number of nitrogens with one attached hydrogen (secondary N) is 1. The Morgan fingerprint density at radius 1 is 1.42 bits per heavy atom. The molecule has 2 aromatic rings. The van der Waals surface area contributed by atoms with E-state index in [0.29, 0.717) is 11.3 Å². The normalized spacial score (nSPS) is 16.5. The summed E-state index contributed by atoms with van der Waals surface area (Å²) in [6, 6.07) is 8.80. The molecule has 1 aliphatic rings. The zero-order valence-corrected chi connectivity index (χ0v) is 14.5. The summed E-state index contributed by atoms with van der Waals surface area (Å²) in [5, 5.41) is 14.9.